The number of benzene rings is 2. The van der Waals surface area contributed by atoms with Crippen molar-refractivity contribution in [2.75, 3.05) is 6.26 Å². The number of allylic oxidation sites excluding steroid dienone is 2. The summed E-state index contributed by atoms with van der Waals surface area (Å²) < 4.78 is 28.1. The summed E-state index contributed by atoms with van der Waals surface area (Å²) in [7, 11) is 0. The second-order valence-corrected chi connectivity index (χ2v) is 6.70. The first kappa shape index (κ1) is 17.4. The number of carboxylic acid groups (broad SMARTS) is 1. The maximum Gasteiger partial charge on any atom is 0.307 e. The highest BCUT2D eigenvalue weighted by Crippen LogP contribution is 2.45. The number of rotatable bonds is 4. The molecule has 1 N–H and O–H groups in total. The SMILES string of the molecule is CSc1ccc(C=C2C(C)=C(CC(=O)O)c3cc(F)cc(F)c32)cc1. The van der Waals surface area contributed by atoms with Crippen LogP contribution in [0.2, 0.25) is 0 Å². The predicted octanol–water partition coefficient (Wildman–Crippen LogP) is 5.49. The van der Waals surface area contributed by atoms with Crippen molar-refractivity contribution < 1.29 is 18.7 Å². The van der Waals surface area contributed by atoms with Gasteiger partial charge in [-0.05, 0) is 65.3 Å². The Kier molecular flexibility index (Phi) is 4.77. The average molecular weight is 358 g/mol. The van der Waals surface area contributed by atoms with Gasteiger partial charge in [0.25, 0.3) is 0 Å². The van der Waals surface area contributed by atoms with Crippen LogP contribution in [-0.4, -0.2) is 17.3 Å². The summed E-state index contributed by atoms with van der Waals surface area (Å²) in [6.07, 6.45) is 3.52. The van der Waals surface area contributed by atoms with E-state index in [4.69, 9.17) is 5.11 Å². The summed E-state index contributed by atoms with van der Waals surface area (Å²) >= 11 is 1.62. The fourth-order valence-corrected chi connectivity index (χ4v) is 3.47. The van der Waals surface area contributed by atoms with Gasteiger partial charge in [-0.3, -0.25) is 4.79 Å². The zero-order valence-electron chi connectivity index (χ0n) is 13.8. The molecule has 2 aromatic carbocycles. The van der Waals surface area contributed by atoms with Crippen molar-refractivity contribution in [2.45, 2.75) is 18.2 Å². The normalized spacial score (nSPS) is 15.0. The molecular formula is C20H16F2O2S. The van der Waals surface area contributed by atoms with Crippen molar-refractivity contribution in [1.82, 2.24) is 0 Å². The lowest BCUT2D eigenvalue weighted by Crippen LogP contribution is -1.98. The van der Waals surface area contributed by atoms with Gasteiger partial charge in [0.15, 0.2) is 0 Å². The topological polar surface area (TPSA) is 37.3 Å². The zero-order valence-corrected chi connectivity index (χ0v) is 14.6. The lowest BCUT2D eigenvalue weighted by Gasteiger charge is -2.07. The van der Waals surface area contributed by atoms with Crippen molar-refractivity contribution in [1.29, 1.82) is 0 Å². The number of carboxylic acids is 1. The van der Waals surface area contributed by atoms with Gasteiger partial charge in [-0.25, -0.2) is 8.78 Å². The number of aliphatic carboxylic acids is 1. The number of hydrogen-bond donors (Lipinski definition) is 1. The van der Waals surface area contributed by atoms with Gasteiger partial charge >= 0.3 is 5.97 Å². The summed E-state index contributed by atoms with van der Waals surface area (Å²) in [5, 5.41) is 9.15. The van der Waals surface area contributed by atoms with E-state index in [1.807, 2.05) is 36.6 Å². The van der Waals surface area contributed by atoms with Crippen LogP contribution in [-0.2, 0) is 4.79 Å². The second-order valence-electron chi connectivity index (χ2n) is 5.82. The molecule has 0 heterocycles. The lowest BCUT2D eigenvalue weighted by molar-refractivity contribution is -0.135. The third kappa shape index (κ3) is 3.37. The van der Waals surface area contributed by atoms with Gasteiger partial charge in [0.05, 0.1) is 6.42 Å². The van der Waals surface area contributed by atoms with Gasteiger partial charge in [-0.1, -0.05) is 12.1 Å². The molecule has 0 spiro atoms. The molecule has 0 bridgehead atoms. The Balaban J connectivity index is 2.17. The van der Waals surface area contributed by atoms with E-state index >= 15 is 0 Å². The summed E-state index contributed by atoms with van der Waals surface area (Å²) in [5.41, 5.74) is 3.18. The van der Waals surface area contributed by atoms with Crippen molar-refractivity contribution in [2.24, 2.45) is 0 Å². The highest BCUT2D eigenvalue weighted by molar-refractivity contribution is 7.98. The fourth-order valence-electron chi connectivity index (χ4n) is 3.06. The van der Waals surface area contributed by atoms with Crippen molar-refractivity contribution in [3.63, 3.8) is 0 Å². The molecule has 1 aliphatic carbocycles. The first-order chi connectivity index (χ1) is 11.9. The van der Waals surface area contributed by atoms with E-state index in [0.717, 1.165) is 16.5 Å². The molecule has 0 aromatic heterocycles. The van der Waals surface area contributed by atoms with Gasteiger partial charge in [-0.15, -0.1) is 11.8 Å². The van der Waals surface area contributed by atoms with Crippen LogP contribution in [0.3, 0.4) is 0 Å². The highest BCUT2D eigenvalue weighted by Gasteiger charge is 2.28. The molecule has 0 aliphatic heterocycles. The molecule has 2 aromatic rings. The maximum absolute atomic E-state index is 14.4. The molecule has 25 heavy (non-hydrogen) atoms. The van der Waals surface area contributed by atoms with E-state index in [0.29, 0.717) is 22.3 Å². The van der Waals surface area contributed by atoms with E-state index in [2.05, 4.69) is 0 Å². The van der Waals surface area contributed by atoms with E-state index in [9.17, 15) is 13.6 Å². The van der Waals surface area contributed by atoms with Crippen LogP contribution in [0, 0.1) is 11.6 Å². The van der Waals surface area contributed by atoms with E-state index < -0.39 is 17.6 Å². The molecule has 5 heteroatoms. The summed E-state index contributed by atoms with van der Waals surface area (Å²) in [4.78, 5) is 12.3. The molecule has 1 aliphatic rings. The van der Waals surface area contributed by atoms with Gasteiger partial charge in [0.1, 0.15) is 11.6 Å². The van der Waals surface area contributed by atoms with Gasteiger partial charge in [0, 0.05) is 16.5 Å². The standard InChI is InChI=1S/C20H16F2O2S/c1-11-15(10-19(23)24)17-8-13(21)9-18(22)20(17)16(11)7-12-3-5-14(25-2)6-4-12/h3-9H,10H2,1-2H3,(H,23,24). The largest absolute Gasteiger partial charge is 0.481 e. The van der Waals surface area contributed by atoms with Gasteiger partial charge in [0.2, 0.25) is 0 Å². The third-order valence-corrected chi connectivity index (χ3v) is 5.00. The van der Waals surface area contributed by atoms with Crippen LogP contribution in [0.5, 0.6) is 0 Å². The Morgan fingerprint density at radius 1 is 1.20 bits per heavy atom. The Morgan fingerprint density at radius 3 is 2.48 bits per heavy atom. The van der Waals surface area contributed by atoms with Crippen molar-refractivity contribution in [3.05, 3.63) is 70.3 Å². The van der Waals surface area contributed by atoms with E-state index in [1.54, 1.807) is 18.7 Å². The Labute approximate surface area is 148 Å². The molecule has 0 amide bonds. The first-order valence-corrected chi connectivity index (χ1v) is 8.90. The molecule has 128 valence electrons. The van der Waals surface area contributed by atoms with Crippen LogP contribution in [0.15, 0.2) is 46.9 Å². The first-order valence-electron chi connectivity index (χ1n) is 7.68. The fraction of sp³-hybridized carbons (Fsp3) is 0.150. The Hall–Kier alpha value is -2.40. The van der Waals surface area contributed by atoms with Gasteiger partial charge in [-0.2, -0.15) is 0 Å². The number of hydrogen-bond acceptors (Lipinski definition) is 2. The highest BCUT2D eigenvalue weighted by atomic mass is 32.2. The number of fused-ring (bicyclic) bond motifs is 1. The number of carbonyl (C=O) groups is 1. The lowest BCUT2D eigenvalue weighted by atomic mass is 10.00. The molecule has 3 rings (SSSR count). The number of halogens is 2. The minimum absolute atomic E-state index is 0.268. The molecule has 0 fully saturated rings. The van der Waals surface area contributed by atoms with Crippen LogP contribution in [0.1, 0.15) is 30.0 Å². The van der Waals surface area contributed by atoms with Gasteiger partial charge < -0.3 is 5.11 Å². The molecular weight excluding hydrogens is 342 g/mol. The third-order valence-electron chi connectivity index (χ3n) is 4.26. The Morgan fingerprint density at radius 2 is 1.88 bits per heavy atom. The van der Waals surface area contributed by atoms with E-state index in [-0.39, 0.29) is 12.0 Å². The molecule has 0 saturated heterocycles. The molecule has 0 atom stereocenters. The maximum atomic E-state index is 14.4. The van der Waals surface area contributed by atoms with Crippen molar-refractivity contribution >= 4 is 35.0 Å². The van der Waals surface area contributed by atoms with Crippen LogP contribution < -0.4 is 0 Å². The summed E-state index contributed by atoms with van der Waals surface area (Å²) in [6, 6.07) is 9.80. The summed E-state index contributed by atoms with van der Waals surface area (Å²) in [5.74, 6) is -2.42. The quantitative estimate of drug-likeness (QED) is 0.735. The Bertz CT molecular complexity index is 912. The monoisotopic (exact) mass is 358 g/mol. The van der Waals surface area contributed by atoms with Crippen LogP contribution in [0.25, 0.3) is 17.2 Å². The van der Waals surface area contributed by atoms with Crippen LogP contribution in [0.4, 0.5) is 8.78 Å². The second kappa shape index (κ2) is 6.84. The molecule has 0 radical (unpaired) electrons. The smallest absolute Gasteiger partial charge is 0.307 e. The molecule has 0 unspecified atom stereocenters. The molecule has 2 nitrogen and oxygen atoms in total. The number of thioether (sulfide) groups is 1. The summed E-state index contributed by atoms with van der Waals surface area (Å²) in [6.45, 7) is 1.75. The van der Waals surface area contributed by atoms with Crippen molar-refractivity contribution in [3.8, 4) is 0 Å². The minimum Gasteiger partial charge on any atom is -0.481 e. The van der Waals surface area contributed by atoms with E-state index in [1.165, 1.54) is 6.07 Å². The average Bonchev–Trinajstić information content (AvgIpc) is 2.81. The predicted molar refractivity (Wildman–Crippen MR) is 97.3 cm³/mol. The van der Waals surface area contributed by atoms with Crippen LogP contribution >= 0.6 is 11.8 Å². The molecule has 0 saturated carbocycles. The minimum atomic E-state index is -1.03. The zero-order chi connectivity index (χ0) is 18.1.